The molecule has 19 heavy (non-hydrogen) atoms. The Kier molecular flexibility index (Phi) is 3.33. The van der Waals surface area contributed by atoms with Gasteiger partial charge in [-0.05, 0) is 25.8 Å². The van der Waals surface area contributed by atoms with Crippen LogP contribution in [0.2, 0.25) is 0 Å². The number of anilines is 1. The number of aromatic carboxylic acids is 1. The van der Waals surface area contributed by atoms with E-state index in [4.69, 9.17) is 5.11 Å². The summed E-state index contributed by atoms with van der Waals surface area (Å²) in [5.41, 5.74) is -0.0107. The lowest BCUT2D eigenvalue weighted by Gasteiger charge is -2.32. The molecule has 6 heteroatoms. The second kappa shape index (κ2) is 5.13. The van der Waals surface area contributed by atoms with Gasteiger partial charge in [0, 0.05) is 18.6 Å². The summed E-state index contributed by atoms with van der Waals surface area (Å²) >= 11 is 0. The fourth-order valence-electron chi connectivity index (χ4n) is 3.14. The van der Waals surface area contributed by atoms with Crippen molar-refractivity contribution in [1.29, 1.82) is 0 Å². The summed E-state index contributed by atoms with van der Waals surface area (Å²) in [6.45, 7) is 2.30. The molecule has 1 aromatic rings. The zero-order valence-electron chi connectivity index (χ0n) is 10.7. The van der Waals surface area contributed by atoms with Crippen LogP contribution in [-0.2, 0) is 0 Å². The van der Waals surface area contributed by atoms with Gasteiger partial charge in [0.25, 0.3) is 0 Å². The maximum absolute atomic E-state index is 10.9. The SMILES string of the molecule is O=C(O)c1cncc(NC2CCN3CCCCC23)n1. The molecule has 0 aliphatic carbocycles. The van der Waals surface area contributed by atoms with Crippen LogP contribution in [0.3, 0.4) is 0 Å². The summed E-state index contributed by atoms with van der Waals surface area (Å²) in [5.74, 6) is -0.473. The van der Waals surface area contributed by atoms with Crippen molar-refractivity contribution >= 4 is 11.8 Å². The van der Waals surface area contributed by atoms with Crippen LogP contribution in [0.1, 0.15) is 36.2 Å². The van der Waals surface area contributed by atoms with Crippen LogP contribution in [-0.4, -0.2) is 51.1 Å². The third kappa shape index (κ3) is 2.53. The average molecular weight is 262 g/mol. The number of carboxylic acids is 1. The number of carbonyl (C=O) groups is 1. The van der Waals surface area contributed by atoms with Gasteiger partial charge < -0.3 is 10.4 Å². The quantitative estimate of drug-likeness (QED) is 0.852. The standard InChI is InChI=1S/C13H18N4O2/c18-13(19)10-7-14-8-12(16-10)15-9-4-6-17-5-2-1-3-11(9)17/h7-9,11H,1-6H2,(H,15,16)(H,18,19). The summed E-state index contributed by atoms with van der Waals surface area (Å²) in [7, 11) is 0. The van der Waals surface area contributed by atoms with Gasteiger partial charge in [-0.2, -0.15) is 0 Å². The lowest BCUT2D eigenvalue weighted by atomic mass is 9.99. The van der Waals surface area contributed by atoms with E-state index in [2.05, 4.69) is 20.2 Å². The molecular weight excluding hydrogens is 244 g/mol. The highest BCUT2D eigenvalue weighted by atomic mass is 16.4. The molecule has 0 aromatic carbocycles. The summed E-state index contributed by atoms with van der Waals surface area (Å²) in [6, 6.07) is 0.919. The van der Waals surface area contributed by atoms with Crippen LogP contribution in [0.4, 0.5) is 5.82 Å². The van der Waals surface area contributed by atoms with Crippen LogP contribution in [0.5, 0.6) is 0 Å². The molecule has 0 saturated carbocycles. The number of piperidine rings is 1. The maximum atomic E-state index is 10.9. The Hall–Kier alpha value is -1.69. The first-order valence-electron chi connectivity index (χ1n) is 6.80. The van der Waals surface area contributed by atoms with Gasteiger partial charge in [0.1, 0.15) is 5.82 Å². The van der Waals surface area contributed by atoms with E-state index in [9.17, 15) is 4.79 Å². The van der Waals surface area contributed by atoms with Gasteiger partial charge in [0.05, 0.1) is 12.4 Å². The highest BCUT2D eigenvalue weighted by Gasteiger charge is 2.35. The van der Waals surface area contributed by atoms with Crippen LogP contribution >= 0.6 is 0 Å². The molecule has 0 radical (unpaired) electrons. The van der Waals surface area contributed by atoms with Crippen molar-refractivity contribution in [3.63, 3.8) is 0 Å². The smallest absolute Gasteiger partial charge is 0.356 e. The number of rotatable bonds is 3. The van der Waals surface area contributed by atoms with Crippen molar-refractivity contribution in [2.24, 2.45) is 0 Å². The maximum Gasteiger partial charge on any atom is 0.356 e. The number of nitrogens with zero attached hydrogens (tertiary/aromatic N) is 3. The van der Waals surface area contributed by atoms with E-state index in [0.29, 0.717) is 17.9 Å². The molecule has 2 aliphatic heterocycles. The van der Waals surface area contributed by atoms with Gasteiger partial charge in [-0.1, -0.05) is 6.42 Å². The molecule has 2 fully saturated rings. The van der Waals surface area contributed by atoms with Gasteiger partial charge in [0.2, 0.25) is 0 Å². The first-order chi connectivity index (χ1) is 9.24. The number of aromatic nitrogens is 2. The molecule has 0 bridgehead atoms. The third-order valence-corrected chi connectivity index (χ3v) is 4.04. The molecule has 3 rings (SSSR count). The van der Waals surface area contributed by atoms with E-state index in [1.54, 1.807) is 6.20 Å². The van der Waals surface area contributed by atoms with Crippen LogP contribution < -0.4 is 5.32 Å². The summed E-state index contributed by atoms with van der Waals surface area (Å²) < 4.78 is 0. The van der Waals surface area contributed by atoms with Crippen molar-refractivity contribution in [3.8, 4) is 0 Å². The highest BCUT2D eigenvalue weighted by molar-refractivity contribution is 5.85. The molecule has 2 aliphatic rings. The molecule has 0 spiro atoms. The second-order valence-corrected chi connectivity index (χ2v) is 5.23. The number of hydrogen-bond acceptors (Lipinski definition) is 5. The van der Waals surface area contributed by atoms with Gasteiger partial charge in [-0.3, -0.25) is 9.88 Å². The molecule has 2 saturated heterocycles. The Bertz CT molecular complexity index is 479. The topological polar surface area (TPSA) is 78.3 Å². The predicted octanol–water partition coefficient (Wildman–Crippen LogP) is 1.21. The first kappa shape index (κ1) is 12.3. The molecule has 2 unspecified atom stereocenters. The number of nitrogens with one attached hydrogen (secondary N) is 1. The predicted molar refractivity (Wildman–Crippen MR) is 70.2 cm³/mol. The normalized spacial score (nSPS) is 26.9. The molecular formula is C13H18N4O2. The average Bonchev–Trinajstić information content (AvgIpc) is 2.83. The minimum absolute atomic E-state index is 0.0107. The van der Waals surface area contributed by atoms with Gasteiger partial charge in [0.15, 0.2) is 5.69 Å². The van der Waals surface area contributed by atoms with Gasteiger partial charge in [-0.15, -0.1) is 0 Å². The number of carboxylic acid groups (broad SMARTS) is 1. The van der Waals surface area contributed by atoms with Crippen molar-refractivity contribution in [2.45, 2.75) is 37.8 Å². The van der Waals surface area contributed by atoms with Crippen molar-refractivity contribution in [3.05, 3.63) is 18.1 Å². The van der Waals surface area contributed by atoms with Gasteiger partial charge >= 0.3 is 5.97 Å². The molecule has 6 nitrogen and oxygen atoms in total. The van der Waals surface area contributed by atoms with E-state index in [1.807, 2.05) is 0 Å². The van der Waals surface area contributed by atoms with E-state index in [0.717, 1.165) is 13.0 Å². The van der Waals surface area contributed by atoms with Crippen molar-refractivity contribution in [2.75, 3.05) is 18.4 Å². The second-order valence-electron chi connectivity index (χ2n) is 5.23. The summed E-state index contributed by atoms with van der Waals surface area (Å²) in [6.07, 6.45) is 7.73. The van der Waals surface area contributed by atoms with Crippen LogP contribution in [0, 0.1) is 0 Å². The first-order valence-corrected chi connectivity index (χ1v) is 6.80. The Labute approximate surface area is 111 Å². The number of fused-ring (bicyclic) bond motifs is 1. The summed E-state index contributed by atoms with van der Waals surface area (Å²) in [4.78, 5) is 21.4. The van der Waals surface area contributed by atoms with Crippen LogP contribution in [0.15, 0.2) is 12.4 Å². The van der Waals surface area contributed by atoms with Gasteiger partial charge in [-0.25, -0.2) is 9.78 Å². The van der Waals surface area contributed by atoms with Crippen LogP contribution in [0.25, 0.3) is 0 Å². The van der Waals surface area contributed by atoms with Crippen molar-refractivity contribution in [1.82, 2.24) is 14.9 Å². The Morgan fingerprint density at radius 3 is 3.05 bits per heavy atom. The zero-order valence-corrected chi connectivity index (χ0v) is 10.7. The van der Waals surface area contributed by atoms with Crippen molar-refractivity contribution < 1.29 is 9.90 Å². The monoisotopic (exact) mass is 262 g/mol. The Morgan fingerprint density at radius 2 is 2.21 bits per heavy atom. The lowest BCUT2D eigenvalue weighted by Crippen LogP contribution is -2.41. The van der Waals surface area contributed by atoms with E-state index >= 15 is 0 Å². The largest absolute Gasteiger partial charge is 0.476 e. The minimum Gasteiger partial charge on any atom is -0.476 e. The number of hydrogen-bond donors (Lipinski definition) is 2. The summed E-state index contributed by atoms with van der Waals surface area (Å²) in [5, 5.41) is 12.3. The fourth-order valence-corrected chi connectivity index (χ4v) is 3.14. The molecule has 3 heterocycles. The van der Waals surface area contributed by atoms with E-state index < -0.39 is 5.97 Å². The van der Waals surface area contributed by atoms with E-state index in [1.165, 1.54) is 32.0 Å². The zero-order chi connectivity index (χ0) is 13.2. The molecule has 2 N–H and O–H groups in total. The Balaban J connectivity index is 1.71. The minimum atomic E-state index is -1.04. The molecule has 0 amide bonds. The molecule has 2 atom stereocenters. The third-order valence-electron chi connectivity index (χ3n) is 4.04. The fraction of sp³-hybridized carbons (Fsp3) is 0.615. The lowest BCUT2D eigenvalue weighted by molar-refractivity contribution is 0.0690. The van der Waals surface area contributed by atoms with E-state index in [-0.39, 0.29) is 5.69 Å². The molecule has 1 aromatic heterocycles. The Morgan fingerprint density at radius 1 is 1.32 bits per heavy atom. The highest BCUT2D eigenvalue weighted by Crippen LogP contribution is 2.28. The molecule has 102 valence electrons.